The molecule has 0 aliphatic carbocycles. The number of hydrogen-bond acceptors (Lipinski definition) is 5. The topological polar surface area (TPSA) is 61.6 Å². The summed E-state index contributed by atoms with van der Waals surface area (Å²) in [6, 6.07) is 5.02. The molecule has 1 aromatic carbocycles. The largest absolute Gasteiger partial charge is 0.370 e. The summed E-state index contributed by atoms with van der Waals surface area (Å²) in [5.74, 6) is 1.05. The van der Waals surface area contributed by atoms with Gasteiger partial charge in [-0.05, 0) is 38.2 Å². The fraction of sp³-hybridized carbons (Fsp3) is 0.429. The van der Waals surface area contributed by atoms with E-state index in [2.05, 4.69) is 16.3 Å². The Bertz CT molecular complexity index is 540. The third-order valence-electron chi connectivity index (χ3n) is 3.38. The summed E-state index contributed by atoms with van der Waals surface area (Å²) in [5.41, 5.74) is 2.15. The standard InChI is InChI=1S/C14H20N4O2/c1-16(2)9-8-15-14-7-4-11-10-12(18(19)20)5-6-13(11)17(14)3/h5-7,10,15H,4,8-9H2,1-3H3. The van der Waals surface area contributed by atoms with Crippen LogP contribution < -0.4 is 10.2 Å². The van der Waals surface area contributed by atoms with E-state index in [0.717, 1.165) is 30.2 Å². The number of nitrogens with zero attached hydrogens (tertiary/aromatic N) is 3. The van der Waals surface area contributed by atoms with E-state index in [1.807, 2.05) is 32.1 Å². The lowest BCUT2D eigenvalue weighted by atomic mass is 10.0. The molecule has 2 rings (SSSR count). The Morgan fingerprint density at radius 1 is 1.45 bits per heavy atom. The van der Waals surface area contributed by atoms with Gasteiger partial charge in [-0.25, -0.2) is 0 Å². The van der Waals surface area contributed by atoms with E-state index in [1.54, 1.807) is 12.1 Å². The summed E-state index contributed by atoms with van der Waals surface area (Å²) in [6.07, 6.45) is 2.79. The van der Waals surface area contributed by atoms with Gasteiger partial charge in [0.15, 0.2) is 0 Å². The molecule has 1 aliphatic heterocycles. The van der Waals surface area contributed by atoms with E-state index in [0.29, 0.717) is 6.42 Å². The molecular weight excluding hydrogens is 256 g/mol. The highest BCUT2D eigenvalue weighted by atomic mass is 16.6. The second-order valence-electron chi connectivity index (χ2n) is 5.15. The first-order valence-corrected chi connectivity index (χ1v) is 6.59. The molecule has 0 atom stereocenters. The molecule has 6 nitrogen and oxygen atoms in total. The normalized spacial score (nSPS) is 14.0. The molecule has 1 aliphatic rings. The Morgan fingerprint density at radius 2 is 2.20 bits per heavy atom. The van der Waals surface area contributed by atoms with Crippen LogP contribution in [0.3, 0.4) is 0 Å². The van der Waals surface area contributed by atoms with Gasteiger partial charge in [0.25, 0.3) is 5.69 Å². The minimum atomic E-state index is -0.352. The van der Waals surface area contributed by atoms with Crippen molar-refractivity contribution in [3.05, 3.63) is 45.8 Å². The van der Waals surface area contributed by atoms with Crippen LogP contribution in [0.25, 0.3) is 0 Å². The first-order chi connectivity index (χ1) is 9.49. The van der Waals surface area contributed by atoms with E-state index in [-0.39, 0.29) is 10.6 Å². The van der Waals surface area contributed by atoms with Gasteiger partial charge in [0, 0.05) is 38.0 Å². The van der Waals surface area contributed by atoms with E-state index in [1.165, 1.54) is 0 Å². The zero-order valence-corrected chi connectivity index (χ0v) is 12.1. The van der Waals surface area contributed by atoms with Crippen molar-refractivity contribution in [1.29, 1.82) is 0 Å². The smallest absolute Gasteiger partial charge is 0.269 e. The van der Waals surface area contributed by atoms with Crippen LogP contribution in [-0.4, -0.2) is 44.1 Å². The number of non-ortho nitro benzene ring substituents is 1. The molecule has 0 fully saturated rings. The highest BCUT2D eigenvalue weighted by molar-refractivity contribution is 5.63. The van der Waals surface area contributed by atoms with Gasteiger partial charge in [0.2, 0.25) is 0 Å². The van der Waals surface area contributed by atoms with Gasteiger partial charge in [-0.2, -0.15) is 0 Å². The molecule has 0 saturated carbocycles. The lowest BCUT2D eigenvalue weighted by molar-refractivity contribution is -0.384. The molecule has 0 saturated heterocycles. The summed E-state index contributed by atoms with van der Waals surface area (Å²) in [5, 5.41) is 14.2. The van der Waals surface area contributed by atoms with Crippen LogP contribution >= 0.6 is 0 Å². The molecule has 0 bridgehead atoms. The number of anilines is 1. The molecule has 0 unspecified atom stereocenters. The van der Waals surface area contributed by atoms with Crippen LogP contribution in [0.2, 0.25) is 0 Å². The molecule has 1 N–H and O–H groups in total. The number of nitro groups is 1. The first-order valence-electron chi connectivity index (χ1n) is 6.59. The van der Waals surface area contributed by atoms with Crippen molar-refractivity contribution in [2.75, 3.05) is 39.1 Å². The van der Waals surface area contributed by atoms with Gasteiger partial charge in [-0.3, -0.25) is 10.1 Å². The predicted octanol–water partition coefficient (Wildman–Crippen LogP) is 1.58. The number of hydrogen-bond donors (Lipinski definition) is 1. The molecule has 1 aromatic rings. The van der Waals surface area contributed by atoms with Crippen molar-refractivity contribution >= 4 is 11.4 Å². The molecule has 1 heterocycles. The number of likely N-dealkylation sites (N-methyl/N-ethyl adjacent to an activating group) is 1. The number of nitrogens with one attached hydrogen (secondary N) is 1. The maximum Gasteiger partial charge on any atom is 0.269 e. The van der Waals surface area contributed by atoms with Crippen molar-refractivity contribution in [3.8, 4) is 0 Å². The molecule has 0 radical (unpaired) electrons. The molecule has 108 valence electrons. The number of rotatable bonds is 5. The molecule has 0 amide bonds. The Morgan fingerprint density at radius 3 is 2.85 bits per heavy atom. The summed E-state index contributed by atoms with van der Waals surface area (Å²) < 4.78 is 0. The SMILES string of the molecule is CN(C)CCNC1=CCc2cc([N+](=O)[O-])ccc2N1C. The van der Waals surface area contributed by atoms with Gasteiger partial charge in [0.1, 0.15) is 5.82 Å². The Hall–Kier alpha value is -2.08. The summed E-state index contributed by atoms with van der Waals surface area (Å²) in [7, 11) is 6.04. The molecule has 20 heavy (non-hydrogen) atoms. The summed E-state index contributed by atoms with van der Waals surface area (Å²) in [4.78, 5) is 14.6. The van der Waals surface area contributed by atoms with Crippen LogP contribution in [-0.2, 0) is 6.42 Å². The maximum atomic E-state index is 10.8. The minimum Gasteiger partial charge on any atom is -0.370 e. The highest BCUT2D eigenvalue weighted by Gasteiger charge is 2.18. The molecule has 0 aromatic heterocycles. The van der Waals surface area contributed by atoms with E-state index in [4.69, 9.17) is 0 Å². The third-order valence-corrected chi connectivity index (χ3v) is 3.38. The predicted molar refractivity (Wildman–Crippen MR) is 79.8 cm³/mol. The average molecular weight is 276 g/mol. The lowest BCUT2D eigenvalue weighted by Crippen LogP contribution is -2.35. The van der Waals surface area contributed by atoms with Gasteiger partial charge < -0.3 is 15.1 Å². The number of nitro benzene ring substituents is 1. The monoisotopic (exact) mass is 276 g/mol. The fourth-order valence-corrected chi connectivity index (χ4v) is 2.25. The van der Waals surface area contributed by atoms with Crippen LogP contribution in [0.1, 0.15) is 5.56 Å². The Labute approximate surface area is 118 Å². The Balaban J connectivity index is 2.10. The Kier molecular flexibility index (Phi) is 4.24. The number of fused-ring (bicyclic) bond motifs is 1. The lowest BCUT2D eigenvalue weighted by Gasteiger charge is -2.29. The number of benzene rings is 1. The van der Waals surface area contributed by atoms with Gasteiger partial charge in [-0.15, -0.1) is 0 Å². The maximum absolute atomic E-state index is 10.8. The zero-order valence-electron chi connectivity index (χ0n) is 12.1. The van der Waals surface area contributed by atoms with E-state index in [9.17, 15) is 10.1 Å². The van der Waals surface area contributed by atoms with Crippen LogP contribution in [0, 0.1) is 10.1 Å². The van der Waals surface area contributed by atoms with Crippen LogP contribution in [0.5, 0.6) is 0 Å². The van der Waals surface area contributed by atoms with E-state index >= 15 is 0 Å². The molecular formula is C14H20N4O2. The van der Waals surface area contributed by atoms with Gasteiger partial charge >= 0.3 is 0 Å². The first kappa shape index (κ1) is 14.3. The second kappa shape index (κ2) is 5.92. The second-order valence-corrected chi connectivity index (χ2v) is 5.15. The van der Waals surface area contributed by atoms with Crippen molar-refractivity contribution in [2.24, 2.45) is 0 Å². The highest BCUT2D eigenvalue weighted by Crippen LogP contribution is 2.30. The number of allylic oxidation sites excluding steroid dienone is 1. The van der Waals surface area contributed by atoms with E-state index < -0.39 is 0 Å². The molecule has 0 spiro atoms. The fourth-order valence-electron chi connectivity index (χ4n) is 2.25. The van der Waals surface area contributed by atoms with Gasteiger partial charge in [-0.1, -0.05) is 0 Å². The van der Waals surface area contributed by atoms with Crippen molar-refractivity contribution in [1.82, 2.24) is 10.2 Å². The van der Waals surface area contributed by atoms with Crippen LogP contribution in [0.15, 0.2) is 30.1 Å². The molecule has 6 heteroatoms. The van der Waals surface area contributed by atoms with Crippen molar-refractivity contribution in [2.45, 2.75) is 6.42 Å². The summed E-state index contributed by atoms with van der Waals surface area (Å²) in [6.45, 7) is 1.82. The summed E-state index contributed by atoms with van der Waals surface area (Å²) >= 11 is 0. The average Bonchev–Trinajstić information content (AvgIpc) is 2.40. The van der Waals surface area contributed by atoms with Crippen molar-refractivity contribution in [3.63, 3.8) is 0 Å². The zero-order chi connectivity index (χ0) is 14.7. The van der Waals surface area contributed by atoms with Gasteiger partial charge in [0.05, 0.1) is 4.92 Å². The van der Waals surface area contributed by atoms with Crippen LogP contribution in [0.4, 0.5) is 11.4 Å². The third kappa shape index (κ3) is 3.08. The quantitative estimate of drug-likeness (QED) is 0.653. The van der Waals surface area contributed by atoms with Crippen molar-refractivity contribution < 1.29 is 4.92 Å². The minimum absolute atomic E-state index is 0.148.